The van der Waals surface area contributed by atoms with E-state index in [-0.39, 0.29) is 11.4 Å². The topological polar surface area (TPSA) is 69.6 Å². The van der Waals surface area contributed by atoms with E-state index in [9.17, 15) is 9.59 Å². The number of carbonyl (C=O) groups is 2. The average molecular weight is 296 g/mol. The van der Waals surface area contributed by atoms with Crippen molar-refractivity contribution in [2.45, 2.75) is 64.8 Å². The highest BCUT2D eigenvalue weighted by Gasteiger charge is 2.37. The average Bonchev–Trinajstić information content (AvgIpc) is 3.04. The van der Waals surface area contributed by atoms with Crippen LogP contribution in [0.4, 0.5) is 4.79 Å². The summed E-state index contributed by atoms with van der Waals surface area (Å²) in [6, 6.07) is -0.843. The smallest absolute Gasteiger partial charge is 0.326 e. The Morgan fingerprint density at radius 2 is 1.95 bits per heavy atom. The molecule has 0 aromatic carbocycles. The van der Waals surface area contributed by atoms with Crippen LogP contribution in [-0.2, 0) is 4.79 Å². The molecule has 0 bridgehead atoms. The van der Waals surface area contributed by atoms with Crippen LogP contribution in [0.5, 0.6) is 0 Å². The zero-order chi connectivity index (χ0) is 15.5. The number of hydrogen-bond donors (Lipinski definition) is 2. The molecule has 0 spiro atoms. The summed E-state index contributed by atoms with van der Waals surface area (Å²) < 4.78 is 0. The number of amides is 2. The van der Waals surface area contributed by atoms with Crippen molar-refractivity contribution in [2.24, 2.45) is 11.3 Å². The van der Waals surface area contributed by atoms with Crippen LogP contribution in [0.2, 0.25) is 0 Å². The molecule has 1 aliphatic heterocycles. The summed E-state index contributed by atoms with van der Waals surface area (Å²) >= 11 is 0. The van der Waals surface area contributed by atoms with Gasteiger partial charge in [-0.2, -0.15) is 0 Å². The van der Waals surface area contributed by atoms with Crippen LogP contribution in [0.15, 0.2) is 0 Å². The molecule has 0 unspecified atom stereocenters. The lowest BCUT2D eigenvalue weighted by molar-refractivity contribution is -0.141. The van der Waals surface area contributed by atoms with E-state index in [0.717, 1.165) is 12.8 Å². The van der Waals surface area contributed by atoms with E-state index < -0.39 is 12.0 Å². The summed E-state index contributed by atoms with van der Waals surface area (Å²) in [4.78, 5) is 24.9. The van der Waals surface area contributed by atoms with E-state index in [1.54, 1.807) is 0 Å². The lowest BCUT2D eigenvalue weighted by Gasteiger charge is -2.32. The predicted octanol–water partition coefficient (Wildman–Crippen LogP) is 2.85. The second-order valence-corrected chi connectivity index (χ2v) is 7.15. The van der Waals surface area contributed by atoms with Crippen LogP contribution in [0.1, 0.15) is 58.8 Å². The molecule has 1 atom stereocenters. The largest absolute Gasteiger partial charge is 0.480 e. The first kappa shape index (κ1) is 16.1. The number of carbonyl (C=O) groups excluding carboxylic acids is 1. The van der Waals surface area contributed by atoms with Crippen molar-refractivity contribution in [1.82, 2.24) is 10.2 Å². The Balaban J connectivity index is 1.91. The molecule has 1 saturated heterocycles. The monoisotopic (exact) mass is 296 g/mol. The van der Waals surface area contributed by atoms with Gasteiger partial charge in [-0.05, 0) is 43.4 Å². The third-order valence-electron chi connectivity index (χ3n) is 4.92. The second kappa shape index (κ2) is 6.67. The standard InChI is InChI=1S/C16H28N2O3/c1-12(2)10-16(7-3-4-8-16)11-17-15(21)18-9-5-6-13(18)14(19)20/h12-13H,3-11H2,1-2H3,(H,17,21)(H,19,20)/t13-/m1/s1. The predicted molar refractivity (Wildman–Crippen MR) is 81.1 cm³/mol. The molecule has 2 aliphatic rings. The van der Waals surface area contributed by atoms with Gasteiger partial charge in [-0.3, -0.25) is 0 Å². The normalized spacial score (nSPS) is 24.5. The van der Waals surface area contributed by atoms with Gasteiger partial charge in [0.05, 0.1) is 0 Å². The molecule has 0 aromatic heterocycles. The minimum absolute atomic E-state index is 0.199. The minimum Gasteiger partial charge on any atom is -0.480 e. The van der Waals surface area contributed by atoms with Crippen molar-refractivity contribution >= 4 is 12.0 Å². The molecule has 21 heavy (non-hydrogen) atoms. The molecule has 2 amide bonds. The van der Waals surface area contributed by atoms with E-state index in [0.29, 0.717) is 25.4 Å². The zero-order valence-electron chi connectivity index (χ0n) is 13.2. The Hall–Kier alpha value is -1.26. The summed E-state index contributed by atoms with van der Waals surface area (Å²) in [6.45, 7) is 5.69. The second-order valence-electron chi connectivity index (χ2n) is 7.15. The van der Waals surface area contributed by atoms with Gasteiger partial charge < -0.3 is 15.3 Å². The van der Waals surface area contributed by atoms with E-state index in [1.165, 1.54) is 30.6 Å². The molecule has 5 heteroatoms. The number of nitrogens with zero attached hydrogens (tertiary/aromatic N) is 1. The molecule has 0 aromatic rings. The maximum Gasteiger partial charge on any atom is 0.326 e. The van der Waals surface area contributed by atoms with Crippen molar-refractivity contribution in [3.05, 3.63) is 0 Å². The molecule has 1 aliphatic carbocycles. The van der Waals surface area contributed by atoms with Crippen molar-refractivity contribution in [3.8, 4) is 0 Å². The van der Waals surface area contributed by atoms with Crippen molar-refractivity contribution in [1.29, 1.82) is 0 Å². The van der Waals surface area contributed by atoms with E-state index >= 15 is 0 Å². The van der Waals surface area contributed by atoms with E-state index in [1.807, 2.05) is 0 Å². The Labute approximate surface area is 127 Å². The molecular weight excluding hydrogens is 268 g/mol. The number of hydrogen-bond acceptors (Lipinski definition) is 2. The van der Waals surface area contributed by atoms with Crippen LogP contribution < -0.4 is 5.32 Å². The van der Waals surface area contributed by atoms with Gasteiger partial charge >= 0.3 is 12.0 Å². The molecule has 2 rings (SSSR count). The van der Waals surface area contributed by atoms with Gasteiger partial charge in [-0.1, -0.05) is 26.7 Å². The summed E-state index contributed by atoms with van der Waals surface area (Å²) in [7, 11) is 0. The summed E-state index contributed by atoms with van der Waals surface area (Å²) in [5, 5.41) is 12.2. The lowest BCUT2D eigenvalue weighted by atomic mass is 9.78. The highest BCUT2D eigenvalue weighted by atomic mass is 16.4. The van der Waals surface area contributed by atoms with Crippen LogP contribution in [0.25, 0.3) is 0 Å². The molecule has 0 radical (unpaired) electrons. The number of rotatable bonds is 5. The van der Waals surface area contributed by atoms with Crippen LogP contribution >= 0.6 is 0 Å². The van der Waals surface area contributed by atoms with Crippen molar-refractivity contribution in [2.75, 3.05) is 13.1 Å². The Bertz CT molecular complexity index is 389. The quantitative estimate of drug-likeness (QED) is 0.819. The fraction of sp³-hybridized carbons (Fsp3) is 0.875. The lowest BCUT2D eigenvalue weighted by Crippen LogP contribution is -2.48. The van der Waals surface area contributed by atoms with Gasteiger partial charge in [0.1, 0.15) is 6.04 Å². The minimum atomic E-state index is -0.889. The first-order chi connectivity index (χ1) is 9.93. The van der Waals surface area contributed by atoms with Gasteiger partial charge in [-0.25, -0.2) is 9.59 Å². The SMILES string of the molecule is CC(C)CC1(CNC(=O)N2CCC[C@@H]2C(=O)O)CCCC1. The van der Waals surface area contributed by atoms with Crippen LogP contribution in [0.3, 0.4) is 0 Å². The third-order valence-corrected chi connectivity index (χ3v) is 4.92. The van der Waals surface area contributed by atoms with E-state index in [2.05, 4.69) is 19.2 Å². The summed E-state index contributed by atoms with van der Waals surface area (Å²) in [6.07, 6.45) is 7.31. The number of carboxylic acid groups (broad SMARTS) is 1. The number of aliphatic carboxylic acids is 1. The molecule has 5 nitrogen and oxygen atoms in total. The zero-order valence-corrected chi connectivity index (χ0v) is 13.2. The van der Waals surface area contributed by atoms with Crippen LogP contribution in [0, 0.1) is 11.3 Å². The van der Waals surface area contributed by atoms with Gasteiger partial charge in [0, 0.05) is 13.1 Å². The first-order valence-electron chi connectivity index (χ1n) is 8.21. The third kappa shape index (κ3) is 3.89. The van der Waals surface area contributed by atoms with E-state index in [4.69, 9.17) is 5.11 Å². The highest BCUT2D eigenvalue weighted by molar-refractivity contribution is 5.83. The number of carboxylic acids is 1. The van der Waals surface area contributed by atoms with Gasteiger partial charge in [-0.15, -0.1) is 0 Å². The Kier molecular flexibility index (Phi) is 5.12. The van der Waals surface area contributed by atoms with Crippen molar-refractivity contribution in [3.63, 3.8) is 0 Å². The maximum atomic E-state index is 12.3. The summed E-state index contributed by atoms with van der Waals surface area (Å²) in [5.41, 5.74) is 0.224. The van der Waals surface area contributed by atoms with Crippen LogP contribution in [-0.4, -0.2) is 41.1 Å². The van der Waals surface area contributed by atoms with Gasteiger partial charge in [0.15, 0.2) is 0 Å². The maximum absolute atomic E-state index is 12.3. The fourth-order valence-electron chi connectivity index (χ4n) is 4.08. The number of urea groups is 1. The number of likely N-dealkylation sites (tertiary alicyclic amines) is 1. The van der Waals surface area contributed by atoms with Gasteiger partial charge in [0.2, 0.25) is 0 Å². The molecule has 2 fully saturated rings. The van der Waals surface area contributed by atoms with Gasteiger partial charge in [0.25, 0.3) is 0 Å². The fourth-order valence-corrected chi connectivity index (χ4v) is 4.08. The molecule has 1 heterocycles. The van der Waals surface area contributed by atoms with Crippen molar-refractivity contribution < 1.29 is 14.7 Å². The highest BCUT2D eigenvalue weighted by Crippen LogP contribution is 2.42. The molecule has 1 saturated carbocycles. The Morgan fingerprint density at radius 1 is 1.29 bits per heavy atom. The molecule has 2 N–H and O–H groups in total. The first-order valence-corrected chi connectivity index (χ1v) is 8.21. The Morgan fingerprint density at radius 3 is 2.52 bits per heavy atom. The number of nitrogens with one attached hydrogen (secondary N) is 1. The molecule has 120 valence electrons. The summed E-state index contributed by atoms with van der Waals surface area (Å²) in [5.74, 6) is -0.265. The molecular formula is C16H28N2O3.